The largest absolute Gasteiger partial charge is 0.481 e. The number of carbonyl (C=O) groups is 1. The minimum atomic E-state index is -1.26. The van der Waals surface area contributed by atoms with Gasteiger partial charge in [-0.2, -0.15) is 5.26 Å². The molecule has 0 aliphatic heterocycles. The lowest BCUT2D eigenvalue weighted by atomic mass is 10.0. The Kier molecular flexibility index (Phi) is 3.06. The van der Waals surface area contributed by atoms with Crippen molar-refractivity contribution in [2.24, 2.45) is 0 Å². The van der Waals surface area contributed by atoms with Gasteiger partial charge in [-0.15, -0.1) is 0 Å². The molecule has 0 fully saturated rings. The van der Waals surface area contributed by atoms with E-state index in [2.05, 4.69) is 0 Å². The van der Waals surface area contributed by atoms with E-state index in [0.717, 1.165) is 6.07 Å². The molecule has 16 heavy (non-hydrogen) atoms. The smallest absolute Gasteiger partial charge is 0.308 e. The number of benzene rings is 1. The summed E-state index contributed by atoms with van der Waals surface area (Å²) in [5.74, 6) is -1.26. The van der Waals surface area contributed by atoms with Crippen molar-refractivity contribution in [3.8, 4) is 6.07 Å². The van der Waals surface area contributed by atoms with Gasteiger partial charge in [-0.3, -0.25) is 14.9 Å². The summed E-state index contributed by atoms with van der Waals surface area (Å²) in [7, 11) is 0. The van der Waals surface area contributed by atoms with Crippen LogP contribution < -0.4 is 5.73 Å². The van der Waals surface area contributed by atoms with Gasteiger partial charge < -0.3 is 10.8 Å². The van der Waals surface area contributed by atoms with Crippen LogP contribution in [-0.4, -0.2) is 16.0 Å². The molecule has 0 unspecified atom stereocenters. The second kappa shape index (κ2) is 4.27. The quantitative estimate of drug-likeness (QED) is 0.438. The monoisotopic (exact) mass is 221 g/mol. The van der Waals surface area contributed by atoms with Crippen LogP contribution in [0.3, 0.4) is 0 Å². The standard InChI is InChI=1S/C9H7N3O4/c10-4-6-5(3-9(13)14)8(12(15)16)2-1-7(6)11/h1-2H,3,11H2,(H,13,14). The van der Waals surface area contributed by atoms with Crippen molar-refractivity contribution in [2.75, 3.05) is 5.73 Å². The molecule has 1 aromatic carbocycles. The van der Waals surface area contributed by atoms with E-state index in [-0.39, 0.29) is 16.8 Å². The topological polar surface area (TPSA) is 130 Å². The molecule has 0 saturated heterocycles. The molecule has 7 nitrogen and oxygen atoms in total. The molecule has 0 bridgehead atoms. The number of nitrogen functional groups attached to an aromatic ring is 1. The lowest BCUT2D eigenvalue weighted by Crippen LogP contribution is -2.08. The van der Waals surface area contributed by atoms with Crippen LogP contribution >= 0.6 is 0 Å². The highest BCUT2D eigenvalue weighted by atomic mass is 16.6. The Labute approximate surface area is 89.9 Å². The molecular formula is C9H7N3O4. The second-order valence-electron chi connectivity index (χ2n) is 2.97. The summed E-state index contributed by atoms with van der Waals surface area (Å²) in [4.78, 5) is 20.5. The van der Waals surface area contributed by atoms with Crippen LogP contribution in [-0.2, 0) is 11.2 Å². The van der Waals surface area contributed by atoms with Crippen LogP contribution in [0, 0.1) is 21.4 Å². The summed E-state index contributed by atoms with van der Waals surface area (Å²) in [6.45, 7) is 0. The summed E-state index contributed by atoms with van der Waals surface area (Å²) in [6, 6.07) is 3.97. The van der Waals surface area contributed by atoms with Gasteiger partial charge in [-0.1, -0.05) is 0 Å². The molecule has 1 rings (SSSR count). The number of carboxylic acid groups (broad SMARTS) is 1. The highest BCUT2D eigenvalue weighted by molar-refractivity contribution is 5.76. The van der Waals surface area contributed by atoms with Crippen LogP contribution in [0.1, 0.15) is 11.1 Å². The Morgan fingerprint density at radius 3 is 2.69 bits per heavy atom. The van der Waals surface area contributed by atoms with Crippen molar-refractivity contribution in [1.29, 1.82) is 5.26 Å². The first-order valence-corrected chi connectivity index (χ1v) is 4.15. The number of carboxylic acids is 1. The van der Waals surface area contributed by atoms with E-state index in [1.54, 1.807) is 6.07 Å². The molecule has 0 aliphatic rings. The molecule has 0 heterocycles. The Morgan fingerprint density at radius 1 is 1.62 bits per heavy atom. The number of anilines is 1. The Balaban J connectivity index is 3.48. The Morgan fingerprint density at radius 2 is 2.25 bits per heavy atom. The zero-order valence-electron chi connectivity index (χ0n) is 8.01. The van der Waals surface area contributed by atoms with E-state index in [1.165, 1.54) is 6.07 Å². The van der Waals surface area contributed by atoms with Crippen molar-refractivity contribution in [1.82, 2.24) is 0 Å². The van der Waals surface area contributed by atoms with Crippen LogP contribution in [0.2, 0.25) is 0 Å². The molecular weight excluding hydrogens is 214 g/mol. The fourth-order valence-corrected chi connectivity index (χ4v) is 1.29. The molecule has 0 aliphatic carbocycles. The maximum absolute atomic E-state index is 10.6. The van der Waals surface area contributed by atoms with Crippen molar-refractivity contribution in [3.63, 3.8) is 0 Å². The first-order valence-electron chi connectivity index (χ1n) is 4.15. The van der Waals surface area contributed by atoms with E-state index in [4.69, 9.17) is 16.1 Å². The van der Waals surface area contributed by atoms with E-state index < -0.39 is 23.0 Å². The van der Waals surface area contributed by atoms with Crippen LogP contribution in [0.5, 0.6) is 0 Å². The average molecular weight is 221 g/mol. The number of hydrogen-bond donors (Lipinski definition) is 2. The Bertz CT molecular complexity index is 504. The van der Waals surface area contributed by atoms with Gasteiger partial charge in [0.1, 0.15) is 6.07 Å². The van der Waals surface area contributed by atoms with Gasteiger partial charge in [0.25, 0.3) is 5.69 Å². The normalized spacial score (nSPS) is 9.44. The first kappa shape index (κ1) is 11.5. The van der Waals surface area contributed by atoms with E-state index in [0.29, 0.717) is 0 Å². The number of nitrogens with zero attached hydrogens (tertiary/aromatic N) is 2. The third-order valence-corrected chi connectivity index (χ3v) is 1.96. The molecule has 0 aromatic heterocycles. The van der Waals surface area contributed by atoms with Gasteiger partial charge >= 0.3 is 5.97 Å². The highest BCUT2D eigenvalue weighted by Crippen LogP contribution is 2.27. The van der Waals surface area contributed by atoms with Gasteiger partial charge in [0.2, 0.25) is 0 Å². The second-order valence-corrected chi connectivity index (χ2v) is 2.97. The summed E-state index contributed by atoms with van der Waals surface area (Å²) in [5, 5.41) is 28.0. The lowest BCUT2D eigenvalue weighted by molar-refractivity contribution is -0.385. The minimum Gasteiger partial charge on any atom is -0.481 e. The number of rotatable bonds is 3. The summed E-state index contributed by atoms with van der Waals surface area (Å²) >= 11 is 0. The van der Waals surface area contributed by atoms with Crippen LogP contribution in [0.4, 0.5) is 11.4 Å². The molecule has 0 saturated carbocycles. The molecule has 1 aromatic rings. The highest BCUT2D eigenvalue weighted by Gasteiger charge is 2.21. The molecule has 0 amide bonds. The molecule has 0 radical (unpaired) electrons. The number of aliphatic carboxylic acids is 1. The summed E-state index contributed by atoms with van der Waals surface area (Å²) < 4.78 is 0. The van der Waals surface area contributed by atoms with Crippen LogP contribution in [0.15, 0.2) is 12.1 Å². The summed E-state index contributed by atoms with van der Waals surface area (Å²) in [5.41, 5.74) is 4.74. The minimum absolute atomic E-state index is 0.0318. The van der Waals surface area contributed by atoms with Crippen molar-refractivity contribution in [2.45, 2.75) is 6.42 Å². The van der Waals surface area contributed by atoms with Gasteiger partial charge in [-0.25, -0.2) is 0 Å². The third kappa shape index (κ3) is 2.06. The number of hydrogen-bond acceptors (Lipinski definition) is 5. The predicted molar refractivity (Wildman–Crippen MR) is 53.6 cm³/mol. The van der Waals surface area contributed by atoms with Crippen molar-refractivity contribution < 1.29 is 14.8 Å². The maximum atomic E-state index is 10.6. The fourth-order valence-electron chi connectivity index (χ4n) is 1.29. The van der Waals surface area contributed by atoms with E-state index >= 15 is 0 Å². The van der Waals surface area contributed by atoms with Crippen molar-refractivity contribution >= 4 is 17.3 Å². The summed E-state index contributed by atoms with van der Waals surface area (Å²) in [6.07, 6.45) is -0.607. The zero-order valence-corrected chi connectivity index (χ0v) is 8.01. The lowest BCUT2D eigenvalue weighted by Gasteiger charge is -2.04. The van der Waals surface area contributed by atoms with Crippen molar-refractivity contribution in [3.05, 3.63) is 33.4 Å². The van der Waals surface area contributed by atoms with Gasteiger partial charge in [0.15, 0.2) is 0 Å². The number of nitriles is 1. The maximum Gasteiger partial charge on any atom is 0.308 e. The molecule has 0 spiro atoms. The van der Waals surface area contributed by atoms with Gasteiger partial charge in [-0.05, 0) is 6.07 Å². The zero-order chi connectivity index (χ0) is 12.3. The number of nitro groups is 1. The molecule has 7 heteroatoms. The average Bonchev–Trinajstić information content (AvgIpc) is 2.16. The molecule has 82 valence electrons. The first-order chi connectivity index (χ1) is 7.47. The van der Waals surface area contributed by atoms with E-state index in [9.17, 15) is 14.9 Å². The third-order valence-electron chi connectivity index (χ3n) is 1.96. The SMILES string of the molecule is N#Cc1c(N)ccc([N+](=O)[O-])c1CC(=O)O. The Hall–Kier alpha value is -2.62. The molecule has 0 atom stereocenters. The number of nitro benzene ring substituents is 1. The van der Waals surface area contributed by atoms with E-state index in [1.807, 2.05) is 0 Å². The fraction of sp³-hybridized carbons (Fsp3) is 0.111. The molecule has 3 N–H and O–H groups in total. The number of nitrogens with two attached hydrogens (primary N) is 1. The van der Waals surface area contributed by atoms with Gasteiger partial charge in [0.05, 0.1) is 28.2 Å². The predicted octanol–water partition coefficient (Wildman–Crippen LogP) is 0.676. The van der Waals surface area contributed by atoms with Crippen LogP contribution in [0.25, 0.3) is 0 Å². The van der Waals surface area contributed by atoms with Gasteiger partial charge in [0, 0.05) is 6.07 Å².